The maximum absolute atomic E-state index is 12.8. The van der Waals surface area contributed by atoms with E-state index in [2.05, 4.69) is 25.9 Å². The van der Waals surface area contributed by atoms with Gasteiger partial charge in [0.15, 0.2) is 0 Å². The Balaban J connectivity index is 1.67. The third-order valence-electron chi connectivity index (χ3n) is 4.14. The van der Waals surface area contributed by atoms with Crippen LogP contribution in [0.3, 0.4) is 0 Å². The highest BCUT2D eigenvalue weighted by atomic mass is 79.9. The Morgan fingerprint density at radius 1 is 1.32 bits per heavy atom. The Morgan fingerprint density at radius 2 is 2.08 bits per heavy atom. The summed E-state index contributed by atoms with van der Waals surface area (Å²) in [6, 6.07) is 8.03. The maximum atomic E-state index is 12.8. The monoisotopic (exact) mass is 404 g/mol. The summed E-state index contributed by atoms with van der Waals surface area (Å²) < 4.78 is 6.65. The molecule has 6 nitrogen and oxygen atoms in total. The fourth-order valence-corrected chi connectivity index (χ4v) is 3.03. The molecule has 1 aromatic heterocycles. The number of anilines is 1. The summed E-state index contributed by atoms with van der Waals surface area (Å²) in [7, 11) is 3.93. The van der Waals surface area contributed by atoms with Crippen molar-refractivity contribution in [1.29, 1.82) is 0 Å². The molecule has 0 spiro atoms. The van der Waals surface area contributed by atoms with Gasteiger partial charge in [0, 0.05) is 44.3 Å². The molecule has 7 heteroatoms. The fraction of sp³-hybridized carbons (Fsp3) is 0.389. The van der Waals surface area contributed by atoms with Gasteiger partial charge in [0.05, 0.1) is 11.0 Å². The van der Waals surface area contributed by atoms with E-state index in [0.29, 0.717) is 18.1 Å². The minimum absolute atomic E-state index is 0.0359. The van der Waals surface area contributed by atoms with Crippen LogP contribution in [0, 0.1) is 0 Å². The van der Waals surface area contributed by atoms with Crippen molar-refractivity contribution < 1.29 is 9.53 Å². The minimum Gasteiger partial charge on any atom is -0.458 e. The summed E-state index contributed by atoms with van der Waals surface area (Å²) in [6.45, 7) is 1.29. The van der Waals surface area contributed by atoms with Crippen molar-refractivity contribution in [3.05, 3.63) is 46.7 Å². The molecule has 2 aromatic rings. The van der Waals surface area contributed by atoms with Crippen molar-refractivity contribution in [3.63, 3.8) is 0 Å². The number of likely N-dealkylation sites (tertiary alicyclic amines) is 1. The molecule has 1 saturated heterocycles. The first-order valence-electron chi connectivity index (χ1n) is 8.24. The zero-order chi connectivity index (χ0) is 17.8. The predicted octanol–water partition coefficient (Wildman–Crippen LogP) is 2.99. The highest BCUT2D eigenvalue weighted by Crippen LogP contribution is 2.20. The zero-order valence-corrected chi connectivity index (χ0v) is 15.9. The fourth-order valence-electron chi connectivity index (χ4n) is 2.83. The number of rotatable bonds is 4. The van der Waals surface area contributed by atoms with Crippen molar-refractivity contribution >= 4 is 27.5 Å². The number of carbonyl (C=O) groups excluding carboxylic acids is 1. The lowest BCUT2D eigenvalue weighted by Gasteiger charge is -2.32. The number of hydrogen-bond donors (Lipinski definition) is 0. The van der Waals surface area contributed by atoms with Crippen LogP contribution in [0.4, 0.5) is 5.69 Å². The van der Waals surface area contributed by atoms with Gasteiger partial charge in [-0.15, -0.1) is 0 Å². The molecule has 0 radical (unpaired) electrons. The Hall–Kier alpha value is -2.15. The van der Waals surface area contributed by atoms with E-state index in [-0.39, 0.29) is 12.0 Å². The molecule has 1 aromatic carbocycles. The molecular formula is C18H21BrN4O2. The Morgan fingerprint density at radius 3 is 2.80 bits per heavy atom. The van der Waals surface area contributed by atoms with E-state index in [9.17, 15) is 4.79 Å². The highest BCUT2D eigenvalue weighted by Gasteiger charge is 2.26. The quantitative estimate of drug-likeness (QED) is 0.783. The van der Waals surface area contributed by atoms with Crippen LogP contribution < -0.4 is 9.64 Å². The largest absolute Gasteiger partial charge is 0.458 e. The standard InChI is InChI=1S/C18H21BrN4O2/c1-22(2)15-6-3-5-13(9-15)17(24)23-8-4-7-16(12-23)25-18-20-10-14(19)11-21-18/h3,5-6,9-11,16H,4,7-8,12H2,1-2H3. The smallest absolute Gasteiger partial charge is 0.316 e. The van der Waals surface area contributed by atoms with Crippen LogP contribution in [0.25, 0.3) is 0 Å². The van der Waals surface area contributed by atoms with Gasteiger partial charge in [0.1, 0.15) is 6.10 Å². The average Bonchev–Trinajstić information content (AvgIpc) is 2.63. The van der Waals surface area contributed by atoms with E-state index in [1.165, 1.54) is 0 Å². The molecule has 0 aliphatic carbocycles. The predicted molar refractivity (Wildman–Crippen MR) is 100 cm³/mol. The molecule has 1 atom stereocenters. The van der Waals surface area contributed by atoms with Crippen molar-refractivity contribution in [2.75, 3.05) is 32.1 Å². The van der Waals surface area contributed by atoms with Crippen LogP contribution in [0.1, 0.15) is 23.2 Å². The number of amides is 1. The van der Waals surface area contributed by atoms with Crippen molar-refractivity contribution in [2.24, 2.45) is 0 Å². The van der Waals surface area contributed by atoms with Gasteiger partial charge < -0.3 is 14.5 Å². The van der Waals surface area contributed by atoms with Crippen LogP contribution in [0.2, 0.25) is 0 Å². The molecule has 1 unspecified atom stereocenters. The Kier molecular flexibility index (Phi) is 5.53. The van der Waals surface area contributed by atoms with Gasteiger partial charge in [0.2, 0.25) is 0 Å². The molecule has 1 fully saturated rings. The Bertz CT molecular complexity index is 736. The first-order chi connectivity index (χ1) is 12.0. The second-order valence-corrected chi connectivity index (χ2v) is 7.18. The molecular weight excluding hydrogens is 384 g/mol. The summed E-state index contributed by atoms with van der Waals surface area (Å²) in [6.07, 6.45) is 5.01. The number of halogens is 1. The number of nitrogens with zero attached hydrogens (tertiary/aromatic N) is 4. The molecule has 3 rings (SSSR count). The van der Waals surface area contributed by atoms with E-state index in [1.54, 1.807) is 12.4 Å². The van der Waals surface area contributed by atoms with E-state index < -0.39 is 0 Å². The number of benzene rings is 1. The molecule has 2 heterocycles. The summed E-state index contributed by atoms with van der Waals surface area (Å²) in [5, 5.41) is 0. The van der Waals surface area contributed by atoms with Gasteiger partial charge in [-0.25, -0.2) is 9.97 Å². The lowest BCUT2D eigenvalue weighted by atomic mass is 10.1. The van der Waals surface area contributed by atoms with E-state index in [1.807, 2.05) is 48.2 Å². The summed E-state index contributed by atoms with van der Waals surface area (Å²) in [4.78, 5) is 25.0. The number of hydrogen-bond acceptors (Lipinski definition) is 5. The van der Waals surface area contributed by atoms with Crippen molar-refractivity contribution in [3.8, 4) is 6.01 Å². The van der Waals surface area contributed by atoms with Gasteiger partial charge in [-0.3, -0.25) is 4.79 Å². The SMILES string of the molecule is CN(C)c1cccc(C(=O)N2CCCC(Oc3ncc(Br)cn3)C2)c1. The molecule has 0 N–H and O–H groups in total. The molecule has 1 aliphatic heterocycles. The number of aromatic nitrogens is 2. The van der Waals surface area contributed by atoms with Crippen LogP contribution in [0.15, 0.2) is 41.1 Å². The van der Waals surface area contributed by atoms with Crippen molar-refractivity contribution in [1.82, 2.24) is 14.9 Å². The maximum Gasteiger partial charge on any atom is 0.316 e. The summed E-state index contributed by atoms with van der Waals surface area (Å²) in [5.74, 6) is 0.0359. The van der Waals surface area contributed by atoms with Crippen LogP contribution in [0.5, 0.6) is 6.01 Å². The molecule has 25 heavy (non-hydrogen) atoms. The normalized spacial score (nSPS) is 17.2. The molecule has 132 valence electrons. The first kappa shape index (κ1) is 17.7. The van der Waals surface area contributed by atoms with Gasteiger partial charge in [0.25, 0.3) is 5.91 Å². The zero-order valence-electron chi connectivity index (χ0n) is 14.4. The summed E-state index contributed by atoms with van der Waals surface area (Å²) in [5.41, 5.74) is 1.71. The number of carbonyl (C=O) groups is 1. The van der Waals surface area contributed by atoms with Gasteiger partial charge in [-0.2, -0.15) is 0 Å². The third kappa shape index (κ3) is 4.48. The molecule has 0 saturated carbocycles. The van der Waals surface area contributed by atoms with Crippen LogP contribution >= 0.6 is 15.9 Å². The number of ether oxygens (including phenoxy) is 1. The first-order valence-corrected chi connectivity index (χ1v) is 9.03. The van der Waals surface area contributed by atoms with Crippen molar-refractivity contribution in [2.45, 2.75) is 18.9 Å². The third-order valence-corrected chi connectivity index (χ3v) is 4.55. The van der Waals surface area contributed by atoms with Gasteiger partial charge >= 0.3 is 6.01 Å². The van der Waals surface area contributed by atoms with Gasteiger partial charge in [-0.05, 0) is 47.0 Å². The van der Waals surface area contributed by atoms with E-state index >= 15 is 0 Å². The lowest BCUT2D eigenvalue weighted by molar-refractivity contribution is 0.0515. The molecule has 1 amide bonds. The van der Waals surface area contributed by atoms with E-state index in [4.69, 9.17) is 4.74 Å². The van der Waals surface area contributed by atoms with E-state index in [0.717, 1.165) is 29.5 Å². The van der Waals surface area contributed by atoms with Crippen LogP contribution in [-0.2, 0) is 0 Å². The number of piperidine rings is 1. The molecule has 1 aliphatic rings. The van der Waals surface area contributed by atoms with Gasteiger partial charge in [-0.1, -0.05) is 6.07 Å². The second kappa shape index (κ2) is 7.82. The minimum atomic E-state index is -0.0871. The average molecular weight is 405 g/mol. The topological polar surface area (TPSA) is 58.6 Å². The highest BCUT2D eigenvalue weighted by molar-refractivity contribution is 9.10. The summed E-state index contributed by atoms with van der Waals surface area (Å²) >= 11 is 3.30. The lowest BCUT2D eigenvalue weighted by Crippen LogP contribution is -2.44. The molecule has 0 bridgehead atoms. The second-order valence-electron chi connectivity index (χ2n) is 6.26. The van der Waals surface area contributed by atoms with Crippen LogP contribution in [-0.4, -0.2) is 54.1 Å². The Labute approximate surface area is 156 Å².